The normalized spacial score (nSPS) is 12.1. The second-order valence-electron chi connectivity index (χ2n) is 24.4. The van der Waals surface area contributed by atoms with Crippen molar-refractivity contribution in [2.24, 2.45) is 0 Å². The lowest BCUT2D eigenvalue weighted by molar-refractivity contribution is 1.31. The van der Waals surface area contributed by atoms with Gasteiger partial charge in [0.25, 0.3) is 0 Å². The van der Waals surface area contributed by atoms with E-state index in [2.05, 4.69) is 294 Å². The number of para-hydroxylation sites is 4. The molecule has 0 aliphatic rings. The highest BCUT2D eigenvalue weighted by atomic mass is 14.9. The molecule has 0 unspecified atom stereocenters. The summed E-state index contributed by atoms with van der Waals surface area (Å²) in [5.41, 5.74) is 22.9. The fourth-order valence-electron chi connectivity index (χ4n) is 15.4. The molecule has 92 heavy (non-hydrogen) atoms. The van der Waals surface area contributed by atoms with Crippen LogP contribution in [0.5, 0.6) is 0 Å². The highest BCUT2D eigenvalue weighted by Gasteiger charge is 2.21. The second kappa shape index (κ2) is 19.6. The Bertz CT molecular complexity index is 6580. The van der Waals surface area contributed by atoms with Crippen molar-refractivity contribution in [3.05, 3.63) is 304 Å². The third-order valence-corrected chi connectivity index (χ3v) is 19.5. The summed E-state index contributed by atoms with van der Waals surface area (Å²) >= 11 is 0. The van der Waals surface area contributed by atoms with E-state index in [9.17, 15) is 0 Å². The topological polar surface area (TPSA) is 60.4 Å². The summed E-state index contributed by atoms with van der Waals surface area (Å²) in [5, 5.41) is 19.7. The Morgan fingerprint density at radius 3 is 1.00 bits per heavy atom. The third kappa shape index (κ3) is 7.43. The van der Waals surface area contributed by atoms with Crippen molar-refractivity contribution >= 4 is 141 Å². The summed E-state index contributed by atoms with van der Waals surface area (Å²) in [6.07, 6.45) is 5.48. The van der Waals surface area contributed by atoms with Gasteiger partial charge in [-0.1, -0.05) is 224 Å². The van der Waals surface area contributed by atoms with E-state index < -0.39 is 0 Å². The molecule has 21 rings (SSSR count). The summed E-state index contributed by atoms with van der Waals surface area (Å²) in [6, 6.07) is 103. The van der Waals surface area contributed by atoms with Crippen LogP contribution in [0.15, 0.2) is 304 Å². The lowest BCUT2D eigenvalue weighted by Crippen LogP contribution is -1.92. The molecule has 0 amide bonds. The van der Waals surface area contributed by atoms with Gasteiger partial charge in [-0.15, -0.1) is 0 Å². The van der Waals surface area contributed by atoms with Crippen LogP contribution in [0, 0.1) is 0 Å². The first-order chi connectivity index (χ1) is 45.6. The number of benzene rings is 15. The van der Waals surface area contributed by atoms with Crippen LogP contribution in [0.1, 0.15) is 0 Å². The van der Waals surface area contributed by atoms with Gasteiger partial charge in [-0.25, -0.2) is 4.98 Å². The van der Waals surface area contributed by atoms with Gasteiger partial charge in [0.15, 0.2) is 0 Å². The summed E-state index contributed by atoms with van der Waals surface area (Å²) in [6.45, 7) is 0. The molecule has 0 aliphatic heterocycles. The zero-order valence-electron chi connectivity index (χ0n) is 49.6. The van der Waals surface area contributed by atoms with Crippen LogP contribution < -0.4 is 0 Å². The van der Waals surface area contributed by atoms with Gasteiger partial charge in [-0.3, -0.25) is 15.0 Å². The molecule has 0 spiro atoms. The Morgan fingerprint density at radius 2 is 0.511 bits per heavy atom. The summed E-state index contributed by atoms with van der Waals surface area (Å²) in [7, 11) is 0. The van der Waals surface area contributed by atoms with Gasteiger partial charge in [0, 0.05) is 82.6 Å². The summed E-state index contributed by atoms with van der Waals surface area (Å²) in [5.74, 6) is 0. The van der Waals surface area contributed by atoms with Crippen LogP contribution in [-0.2, 0) is 0 Å². The standard InChI is InChI=1S/C46H27N3.C40H23N3/c1-2-14-36-34(12-1)40-26-32(18-20-37(40)45-44(36)47-22-23-48-45)30-10-5-8-28(24-30)29-9-6-11-31(25-29)33-19-21-43-41(27-33)39-16-7-15-38-35-13-3-4-17-42(35)49(43)46(38)39;1-3-14-30-27(11-1)28-12-2-4-15-31(28)39-38(30)41-23-35(42-39)26-10-7-9-24(21-26)25-19-20-37-34(22-25)33-17-8-16-32-29-13-5-6-18-36(29)43(37)40(32)33/h1-27H;1-23H. The maximum Gasteiger partial charge on any atom is 0.0979 e. The van der Waals surface area contributed by atoms with Crippen LogP contribution in [0.2, 0.25) is 0 Å². The molecule has 21 aromatic rings. The first-order valence-electron chi connectivity index (χ1n) is 31.4. The van der Waals surface area contributed by atoms with Crippen LogP contribution in [0.4, 0.5) is 0 Å². The average Bonchev–Trinajstić information content (AvgIpc) is 1.53. The Hall–Kier alpha value is -12.4. The van der Waals surface area contributed by atoms with Crippen LogP contribution >= 0.6 is 0 Å². The summed E-state index contributed by atoms with van der Waals surface area (Å²) in [4.78, 5) is 19.6. The van der Waals surface area contributed by atoms with Gasteiger partial charge in [0.2, 0.25) is 0 Å². The van der Waals surface area contributed by atoms with Crippen molar-refractivity contribution in [1.82, 2.24) is 28.7 Å². The van der Waals surface area contributed by atoms with Crippen LogP contribution in [0.25, 0.3) is 197 Å². The second-order valence-corrected chi connectivity index (χ2v) is 24.4. The van der Waals surface area contributed by atoms with Crippen molar-refractivity contribution in [2.45, 2.75) is 0 Å². The quantitative estimate of drug-likeness (QED) is 0.161. The van der Waals surface area contributed by atoms with E-state index in [-0.39, 0.29) is 0 Å². The Morgan fingerprint density at radius 1 is 0.196 bits per heavy atom. The Kier molecular flexibility index (Phi) is 10.8. The van der Waals surface area contributed by atoms with Crippen molar-refractivity contribution in [2.75, 3.05) is 0 Å². The van der Waals surface area contributed by atoms with Crippen molar-refractivity contribution in [1.29, 1.82) is 0 Å². The van der Waals surface area contributed by atoms with Gasteiger partial charge >= 0.3 is 0 Å². The lowest BCUT2D eigenvalue weighted by atomic mass is 9.93. The maximum atomic E-state index is 5.23. The van der Waals surface area contributed by atoms with E-state index in [4.69, 9.17) is 19.9 Å². The van der Waals surface area contributed by atoms with E-state index in [1.54, 1.807) is 12.4 Å². The minimum absolute atomic E-state index is 0.878. The summed E-state index contributed by atoms with van der Waals surface area (Å²) < 4.78 is 4.86. The monoisotopic (exact) mass is 1170 g/mol. The van der Waals surface area contributed by atoms with Gasteiger partial charge in [0.05, 0.1) is 67.1 Å². The average molecular weight is 1170 g/mol. The number of hydrogen-bond donors (Lipinski definition) is 0. The van der Waals surface area contributed by atoms with Gasteiger partial charge < -0.3 is 8.80 Å². The molecule has 424 valence electrons. The third-order valence-electron chi connectivity index (χ3n) is 19.5. The van der Waals surface area contributed by atoms with Crippen molar-refractivity contribution in [3.8, 4) is 55.8 Å². The fraction of sp³-hybridized carbons (Fsp3) is 0. The Labute approximate surface area is 526 Å². The van der Waals surface area contributed by atoms with Crippen LogP contribution in [0.3, 0.4) is 0 Å². The number of hydrogen-bond acceptors (Lipinski definition) is 4. The van der Waals surface area contributed by atoms with Crippen LogP contribution in [-0.4, -0.2) is 28.7 Å². The number of rotatable bonds is 5. The molecule has 0 bridgehead atoms. The zero-order chi connectivity index (χ0) is 60.1. The van der Waals surface area contributed by atoms with Crippen molar-refractivity contribution < 1.29 is 0 Å². The maximum absolute atomic E-state index is 5.23. The first-order valence-corrected chi connectivity index (χ1v) is 31.4. The largest absolute Gasteiger partial charge is 0.308 e. The van der Waals surface area contributed by atoms with E-state index in [1.807, 2.05) is 6.20 Å². The highest BCUT2D eigenvalue weighted by Crippen LogP contribution is 2.44. The van der Waals surface area contributed by atoms with Gasteiger partial charge in [0.1, 0.15) is 0 Å². The fourth-order valence-corrected chi connectivity index (χ4v) is 15.4. The predicted octanol–water partition coefficient (Wildman–Crippen LogP) is 22.5. The molecular formula is C86H50N6. The molecule has 6 heteroatoms. The first kappa shape index (κ1) is 50.6. The molecule has 0 atom stereocenters. The molecule has 15 aromatic carbocycles. The molecule has 0 aliphatic carbocycles. The molecule has 0 N–H and O–H groups in total. The minimum atomic E-state index is 0.878. The SMILES string of the molecule is c1cc(-c2ccc3c(c2)c2cccc4c5ccccc5n3c42)cc(-c2cnc3c4ccccc4c4ccccc4c3n2)c1.c1cc(-c2cccc(-c3ccc4c(c3)c3cccc5c6ccccc6n4c53)c2)cc(-c2ccc3c(c2)c2ccccc2c2nccnc32)c1. The number of nitrogens with zero attached hydrogens (tertiary/aromatic N) is 6. The molecule has 0 saturated heterocycles. The highest BCUT2D eigenvalue weighted by molar-refractivity contribution is 6.27. The smallest absolute Gasteiger partial charge is 0.0979 e. The van der Waals surface area contributed by atoms with Gasteiger partial charge in [-0.05, 0) is 127 Å². The van der Waals surface area contributed by atoms with E-state index in [1.165, 1.54) is 142 Å². The lowest BCUT2D eigenvalue weighted by Gasteiger charge is -2.12. The van der Waals surface area contributed by atoms with E-state index >= 15 is 0 Å². The molecule has 0 saturated carbocycles. The Balaban J connectivity index is 0.000000129. The predicted molar refractivity (Wildman–Crippen MR) is 386 cm³/mol. The zero-order valence-corrected chi connectivity index (χ0v) is 49.6. The molecular weight excluding hydrogens is 1120 g/mol. The number of aromatic nitrogens is 6. The molecule has 0 fully saturated rings. The van der Waals surface area contributed by atoms with E-state index in [0.29, 0.717) is 0 Å². The molecule has 0 radical (unpaired) electrons. The molecule has 6 nitrogen and oxygen atoms in total. The van der Waals surface area contributed by atoms with E-state index in [0.717, 1.165) is 54.9 Å². The number of fused-ring (bicyclic) bond motifs is 24. The minimum Gasteiger partial charge on any atom is -0.308 e. The molecule has 6 heterocycles. The van der Waals surface area contributed by atoms with Gasteiger partial charge in [-0.2, -0.15) is 0 Å². The van der Waals surface area contributed by atoms with Crippen molar-refractivity contribution in [3.63, 3.8) is 0 Å². The molecule has 6 aromatic heterocycles.